The van der Waals surface area contributed by atoms with E-state index in [0.717, 1.165) is 11.4 Å². The molecule has 0 aliphatic carbocycles. The van der Waals surface area contributed by atoms with Crippen molar-refractivity contribution in [1.29, 1.82) is 0 Å². The molecule has 0 bridgehead atoms. The van der Waals surface area contributed by atoms with Crippen LogP contribution in [0.5, 0.6) is 0 Å². The maximum Gasteiger partial charge on any atom is 0.0562 e. The predicted octanol–water partition coefficient (Wildman–Crippen LogP) is 11.2. The Hall–Kier alpha value is -5.86. The van der Waals surface area contributed by atoms with Gasteiger partial charge in [0.1, 0.15) is 0 Å². The van der Waals surface area contributed by atoms with E-state index in [1.165, 1.54) is 65.9 Å². The fraction of sp³-hybridized carbons (Fsp3) is 0. The van der Waals surface area contributed by atoms with E-state index in [1.54, 1.807) is 0 Å². The Kier molecular flexibility index (Phi) is 5.54. The van der Waals surface area contributed by atoms with Crippen molar-refractivity contribution in [3.63, 3.8) is 0 Å². The van der Waals surface area contributed by atoms with Crippen molar-refractivity contribution in [3.05, 3.63) is 170 Å². The Morgan fingerprint density at radius 3 is 1.34 bits per heavy atom. The van der Waals surface area contributed by atoms with Crippen molar-refractivity contribution in [2.45, 2.75) is 0 Å². The maximum absolute atomic E-state index is 2.43. The third-order valence-corrected chi connectivity index (χ3v) is 8.91. The fourth-order valence-corrected chi connectivity index (χ4v) is 6.88. The number of para-hydroxylation sites is 2. The van der Waals surface area contributed by atoms with E-state index in [9.17, 15) is 0 Å². The van der Waals surface area contributed by atoms with Crippen molar-refractivity contribution >= 4 is 43.6 Å². The van der Waals surface area contributed by atoms with Crippen LogP contribution in [-0.4, -0.2) is 9.13 Å². The molecule has 2 aromatic heterocycles. The molecule has 2 heterocycles. The lowest BCUT2D eigenvalue weighted by molar-refractivity contribution is 1.16. The van der Waals surface area contributed by atoms with E-state index < -0.39 is 0 Å². The molecular formula is C42H28N2. The first-order chi connectivity index (χ1) is 21.8. The quantitative estimate of drug-likeness (QED) is 0.203. The number of hydrogen-bond donors (Lipinski definition) is 0. The van der Waals surface area contributed by atoms with E-state index in [2.05, 4.69) is 179 Å². The molecule has 206 valence electrons. The van der Waals surface area contributed by atoms with Gasteiger partial charge in [-0.15, -0.1) is 0 Å². The van der Waals surface area contributed by atoms with Crippen LogP contribution in [0.4, 0.5) is 0 Å². The fourth-order valence-electron chi connectivity index (χ4n) is 6.88. The molecule has 0 saturated carbocycles. The molecule has 0 spiro atoms. The van der Waals surface area contributed by atoms with Gasteiger partial charge in [0, 0.05) is 32.9 Å². The molecule has 9 aromatic rings. The van der Waals surface area contributed by atoms with E-state index in [0.29, 0.717) is 0 Å². The lowest BCUT2D eigenvalue weighted by atomic mass is 10.1. The number of fused-ring (bicyclic) bond motifs is 6. The molecule has 0 radical (unpaired) electrons. The average Bonchev–Trinajstić information content (AvgIpc) is 3.60. The number of nitrogens with zero attached hydrogens (tertiary/aromatic N) is 2. The first-order valence-corrected chi connectivity index (χ1v) is 15.1. The molecule has 0 amide bonds. The lowest BCUT2D eigenvalue weighted by Crippen LogP contribution is -1.96. The maximum atomic E-state index is 2.43. The van der Waals surface area contributed by atoms with Crippen LogP contribution < -0.4 is 0 Å². The number of rotatable bonds is 4. The molecule has 2 heteroatoms. The molecule has 9 rings (SSSR count). The summed E-state index contributed by atoms with van der Waals surface area (Å²) in [6, 6.07) is 61.4. The monoisotopic (exact) mass is 560 g/mol. The highest BCUT2D eigenvalue weighted by Gasteiger charge is 2.18. The lowest BCUT2D eigenvalue weighted by Gasteiger charge is -2.12. The van der Waals surface area contributed by atoms with Crippen molar-refractivity contribution in [1.82, 2.24) is 9.13 Å². The first kappa shape index (κ1) is 24.7. The summed E-state index contributed by atoms with van der Waals surface area (Å²) in [6.07, 6.45) is 0. The zero-order valence-electron chi connectivity index (χ0n) is 24.1. The number of aromatic nitrogens is 2. The minimum absolute atomic E-state index is 1.16. The average molecular weight is 561 g/mol. The predicted molar refractivity (Wildman–Crippen MR) is 186 cm³/mol. The Labute approximate surface area is 255 Å². The van der Waals surface area contributed by atoms with Crippen LogP contribution in [0.15, 0.2) is 170 Å². The van der Waals surface area contributed by atoms with Crippen LogP contribution in [0.3, 0.4) is 0 Å². The van der Waals surface area contributed by atoms with Gasteiger partial charge in [0.2, 0.25) is 0 Å². The molecule has 0 aliphatic heterocycles. The second-order valence-electron chi connectivity index (χ2n) is 11.4. The largest absolute Gasteiger partial charge is 0.309 e. The topological polar surface area (TPSA) is 9.86 Å². The highest BCUT2D eigenvalue weighted by molar-refractivity contribution is 6.19. The van der Waals surface area contributed by atoms with Gasteiger partial charge in [-0.05, 0) is 70.8 Å². The minimum Gasteiger partial charge on any atom is -0.309 e. The molecule has 0 N–H and O–H groups in total. The minimum atomic E-state index is 1.16. The van der Waals surface area contributed by atoms with Crippen LogP contribution >= 0.6 is 0 Å². The Bertz CT molecular complexity index is 2460. The Morgan fingerprint density at radius 2 is 0.727 bits per heavy atom. The Morgan fingerprint density at radius 1 is 0.250 bits per heavy atom. The molecule has 44 heavy (non-hydrogen) atoms. The van der Waals surface area contributed by atoms with Crippen LogP contribution in [-0.2, 0) is 0 Å². The second kappa shape index (κ2) is 9.86. The molecule has 0 aliphatic rings. The van der Waals surface area contributed by atoms with E-state index in [-0.39, 0.29) is 0 Å². The molecule has 2 nitrogen and oxygen atoms in total. The van der Waals surface area contributed by atoms with Gasteiger partial charge < -0.3 is 9.13 Å². The van der Waals surface area contributed by atoms with E-state index in [4.69, 9.17) is 0 Å². The molecule has 0 fully saturated rings. The van der Waals surface area contributed by atoms with Gasteiger partial charge in [-0.1, -0.05) is 121 Å². The zero-order chi connectivity index (χ0) is 29.0. The third-order valence-electron chi connectivity index (χ3n) is 8.91. The summed E-state index contributed by atoms with van der Waals surface area (Å²) in [6.45, 7) is 0. The summed E-state index contributed by atoms with van der Waals surface area (Å²) in [5, 5.41) is 5.06. The third kappa shape index (κ3) is 3.82. The summed E-state index contributed by atoms with van der Waals surface area (Å²) < 4.78 is 4.85. The van der Waals surface area contributed by atoms with Gasteiger partial charge in [0.15, 0.2) is 0 Å². The van der Waals surface area contributed by atoms with Crippen molar-refractivity contribution < 1.29 is 0 Å². The summed E-state index contributed by atoms with van der Waals surface area (Å²) in [5.74, 6) is 0. The van der Waals surface area contributed by atoms with Crippen LogP contribution in [0, 0.1) is 0 Å². The number of hydrogen-bond acceptors (Lipinski definition) is 0. The molecule has 0 unspecified atom stereocenters. The van der Waals surface area contributed by atoms with Crippen LogP contribution in [0.2, 0.25) is 0 Å². The van der Waals surface area contributed by atoms with Gasteiger partial charge in [-0.2, -0.15) is 0 Å². The Balaban J connectivity index is 1.32. The summed E-state index contributed by atoms with van der Waals surface area (Å²) in [4.78, 5) is 0. The number of benzene rings is 7. The highest BCUT2D eigenvalue weighted by Crippen LogP contribution is 2.40. The zero-order valence-corrected chi connectivity index (χ0v) is 24.1. The van der Waals surface area contributed by atoms with Gasteiger partial charge >= 0.3 is 0 Å². The van der Waals surface area contributed by atoms with Crippen molar-refractivity contribution in [2.75, 3.05) is 0 Å². The second-order valence-corrected chi connectivity index (χ2v) is 11.4. The van der Waals surface area contributed by atoms with E-state index in [1.807, 2.05) is 0 Å². The highest BCUT2D eigenvalue weighted by atomic mass is 15.0. The van der Waals surface area contributed by atoms with Gasteiger partial charge in [-0.3, -0.25) is 0 Å². The SMILES string of the molecule is c1ccc(-c2ccc(-n3c4ccccc4c4cc5c6ccccc6n(-c6cccc(-c7ccccc7)c6)c5cc43)cc2)cc1. The molecule has 0 saturated heterocycles. The smallest absolute Gasteiger partial charge is 0.0562 e. The first-order valence-electron chi connectivity index (χ1n) is 15.1. The van der Waals surface area contributed by atoms with E-state index >= 15 is 0 Å². The van der Waals surface area contributed by atoms with Crippen molar-refractivity contribution in [2.24, 2.45) is 0 Å². The molecule has 0 atom stereocenters. The van der Waals surface area contributed by atoms with Gasteiger partial charge in [0.05, 0.1) is 22.1 Å². The van der Waals surface area contributed by atoms with Crippen LogP contribution in [0.25, 0.3) is 77.2 Å². The van der Waals surface area contributed by atoms with Crippen molar-refractivity contribution in [3.8, 4) is 33.6 Å². The normalized spacial score (nSPS) is 11.6. The summed E-state index contributed by atoms with van der Waals surface area (Å²) in [5.41, 5.74) is 12.0. The standard InChI is InChI=1S/C42H28N2/c1-3-12-29(13-4-1)31-22-24-33(25-23-31)43-39-20-9-7-18-35(39)37-27-38-36-19-8-10-21-40(36)44(42(38)28-41(37)43)34-17-11-16-32(26-34)30-14-5-2-6-15-30/h1-28H. The summed E-state index contributed by atoms with van der Waals surface area (Å²) in [7, 11) is 0. The van der Waals surface area contributed by atoms with Gasteiger partial charge in [0.25, 0.3) is 0 Å². The van der Waals surface area contributed by atoms with Crippen LogP contribution in [0.1, 0.15) is 0 Å². The van der Waals surface area contributed by atoms with Gasteiger partial charge in [-0.25, -0.2) is 0 Å². The summed E-state index contributed by atoms with van der Waals surface area (Å²) >= 11 is 0. The molecular weight excluding hydrogens is 532 g/mol. The molecule has 7 aromatic carbocycles.